The average molecular weight is 308 g/mol. The van der Waals surface area contributed by atoms with Crippen molar-refractivity contribution in [2.75, 3.05) is 0 Å². The summed E-state index contributed by atoms with van der Waals surface area (Å²) in [6, 6.07) is 18.3. The zero-order chi connectivity index (χ0) is 15.6. The Morgan fingerprint density at radius 2 is 1.41 bits per heavy atom. The van der Waals surface area contributed by atoms with Gasteiger partial charge < -0.3 is 4.43 Å². The summed E-state index contributed by atoms with van der Waals surface area (Å²) in [4.78, 5) is 9.50. The molecule has 1 heterocycles. The van der Waals surface area contributed by atoms with Gasteiger partial charge in [0.25, 0.3) is 0 Å². The van der Waals surface area contributed by atoms with Gasteiger partial charge >= 0.3 is 0 Å². The SMILES string of the molecule is C[Si](C)(C)Oc1nc2ccccc2nc1Cc1ccccc1. The van der Waals surface area contributed by atoms with Crippen LogP contribution in [-0.4, -0.2) is 18.3 Å². The van der Waals surface area contributed by atoms with E-state index < -0.39 is 8.32 Å². The van der Waals surface area contributed by atoms with Gasteiger partial charge in [-0.25, -0.2) is 9.97 Å². The molecule has 0 saturated heterocycles. The van der Waals surface area contributed by atoms with Crippen LogP contribution in [-0.2, 0) is 6.42 Å². The van der Waals surface area contributed by atoms with Crippen molar-refractivity contribution < 1.29 is 4.43 Å². The van der Waals surface area contributed by atoms with Gasteiger partial charge in [0, 0.05) is 6.42 Å². The summed E-state index contributed by atoms with van der Waals surface area (Å²) >= 11 is 0. The third-order valence-electron chi connectivity index (χ3n) is 3.22. The van der Waals surface area contributed by atoms with Crippen LogP contribution in [0, 0.1) is 0 Å². The number of fused-ring (bicyclic) bond motifs is 1. The van der Waals surface area contributed by atoms with E-state index in [-0.39, 0.29) is 0 Å². The first kappa shape index (κ1) is 14.7. The molecule has 112 valence electrons. The van der Waals surface area contributed by atoms with E-state index in [0.29, 0.717) is 5.88 Å². The number of benzene rings is 2. The van der Waals surface area contributed by atoms with Gasteiger partial charge in [-0.2, -0.15) is 0 Å². The maximum Gasteiger partial charge on any atom is 0.244 e. The predicted octanol–water partition coefficient (Wildman–Crippen LogP) is 4.43. The van der Waals surface area contributed by atoms with Crippen LogP contribution < -0.4 is 4.43 Å². The molecule has 3 aromatic rings. The second-order valence-corrected chi connectivity index (χ2v) is 10.8. The lowest BCUT2D eigenvalue weighted by atomic mass is 10.1. The van der Waals surface area contributed by atoms with Crippen LogP contribution in [0.2, 0.25) is 19.6 Å². The third kappa shape index (κ3) is 3.51. The summed E-state index contributed by atoms with van der Waals surface area (Å²) in [5.41, 5.74) is 3.92. The number of hydrogen-bond donors (Lipinski definition) is 0. The van der Waals surface area contributed by atoms with Gasteiger partial charge in [-0.1, -0.05) is 42.5 Å². The Hall–Kier alpha value is -2.20. The van der Waals surface area contributed by atoms with Crippen molar-refractivity contribution in [1.82, 2.24) is 9.97 Å². The van der Waals surface area contributed by atoms with Crippen molar-refractivity contribution in [3.8, 4) is 5.88 Å². The molecular weight excluding hydrogens is 288 g/mol. The molecule has 0 spiro atoms. The van der Waals surface area contributed by atoms with Gasteiger partial charge in [-0.05, 0) is 37.3 Å². The molecule has 0 N–H and O–H groups in total. The van der Waals surface area contributed by atoms with E-state index in [2.05, 4.69) is 31.8 Å². The fraction of sp³-hybridized carbons (Fsp3) is 0.222. The van der Waals surface area contributed by atoms with Gasteiger partial charge in [0.1, 0.15) is 5.69 Å². The fourth-order valence-electron chi connectivity index (χ4n) is 2.30. The lowest BCUT2D eigenvalue weighted by Gasteiger charge is -2.20. The second-order valence-electron chi connectivity index (χ2n) is 6.34. The minimum atomic E-state index is -1.74. The summed E-state index contributed by atoms with van der Waals surface area (Å²) in [6.07, 6.45) is 0.735. The van der Waals surface area contributed by atoms with E-state index >= 15 is 0 Å². The molecule has 0 atom stereocenters. The first-order chi connectivity index (χ1) is 10.5. The lowest BCUT2D eigenvalue weighted by Crippen LogP contribution is -2.30. The standard InChI is InChI=1S/C18H20N2OSi/c1-22(2,3)21-18-17(13-14-9-5-4-6-10-14)19-15-11-7-8-12-16(15)20-18/h4-12H,13H2,1-3H3. The van der Waals surface area contributed by atoms with Crippen LogP contribution >= 0.6 is 0 Å². The molecule has 2 aromatic carbocycles. The molecule has 4 heteroatoms. The Kier molecular flexibility index (Phi) is 3.94. The first-order valence-electron chi connectivity index (χ1n) is 7.50. The summed E-state index contributed by atoms with van der Waals surface area (Å²) in [6.45, 7) is 6.49. The molecule has 1 aromatic heterocycles. The molecule has 0 unspecified atom stereocenters. The summed E-state index contributed by atoms with van der Waals surface area (Å²) in [5.74, 6) is 0.682. The molecule has 0 aliphatic carbocycles. The van der Waals surface area contributed by atoms with E-state index in [9.17, 15) is 0 Å². The molecule has 22 heavy (non-hydrogen) atoms. The highest BCUT2D eigenvalue weighted by Crippen LogP contribution is 2.24. The normalized spacial score (nSPS) is 11.6. The number of rotatable bonds is 4. The van der Waals surface area contributed by atoms with Gasteiger partial charge in [-0.15, -0.1) is 0 Å². The van der Waals surface area contributed by atoms with Crippen molar-refractivity contribution in [2.24, 2.45) is 0 Å². The van der Waals surface area contributed by atoms with E-state index in [0.717, 1.165) is 23.1 Å². The lowest BCUT2D eigenvalue weighted by molar-refractivity contribution is 0.525. The molecule has 3 nitrogen and oxygen atoms in total. The van der Waals surface area contributed by atoms with Crippen molar-refractivity contribution >= 4 is 19.4 Å². The second kappa shape index (κ2) is 5.89. The molecule has 0 aliphatic rings. The third-order valence-corrected chi connectivity index (χ3v) is 4.03. The molecule has 0 bridgehead atoms. The van der Waals surface area contributed by atoms with Crippen LogP contribution in [0.4, 0.5) is 0 Å². The predicted molar refractivity (Wildman–Crippen MR) is 92.8 cm³/mol. The maximum atomic E-state index is 6.18. The van der Waals surface area contributed by atoms with E-state index in [1.54, 1.807) is 0 Å². The number of para-hydroxylation sites is 2. The largest absolute Gasteiger partial charge is 0.530 e. The zero-order valence-corrected chi connectivity index (χ0v) is 14.2. The summed E-state index contributed by atoms with van der Waals surface area (Å²) in [5, 5.41) is 0. The van der Waals surface area contributed by atoms with Crippen molar-refractivity contribution in [3.05, 3.63) is 65.9 Å². The number of nitrogens with zero attached hydrogens (tertiary/aromatic N) is 2. The highest BCUT2D eigenvalue weighted by atomic mass is 28.4. The van der Waals surface area contributed by atoms with Gasteiger partial charge in [0.2, 0.25) is 14.2 Å². The minimum Gasteiger partial charge on any atom is -0.530 e. The van der Waals surface area contributed by atoms with Crippen LogP contribution in [0.25, 0.3) is 11.0 Å². The Morgan fingerprint density at radius 3 is 2.05 bits per heavy atom. The van der Waals surface area contributed by atoms with Crippen molar-refractivity contribution in [2.45, 2.75) is 26.1 Å². The van der Waals surface area contributed by atoms with Gasteiger partial charge in [0.05, 0.1) is 11.0 Å². The van der Waals surface area contributed by atoms with E-state index in [1.165, 1.54) is 5.56 Å². The summed E-state index contributed by atoms with van der Waals surface area (Å²) < 4.78 is 6.18. The summed E-state index contributed by atoms with van der Waals surface area (Å²) in [7, 11) is -1.74. The Balaban J connectivity index is 2.06. The number of hydrogen-bond acceptors (Lipinski definition) is 3. The molecule has 3 rings (SSSR count). The monoisotopic (exact) mass is 308 g/mol. The van der Waals surface area contributed by atoms with Crippen LogP contribution in [0.15, 0.2) is 54.6 Å². The fourth-order valence-corrected chi connectivity index (χ4v) is 3.04. The van der Waals surface area contributed by atoms with Crippen molar-refractivity contribution in [1.29, 1.82) is 0 Å². The Bertz CT molecular complexity index is 782. The molecule has 0 aliphatic heterocycles. The maximum absolute atomic E-state index is 6.18. The topological polar surface area (TPSA) is 35.0 Å². The van der Waals surface area contributed by atoms with E-state index in [1.807, 2.05) is 42.5 Å². The van der Waals surface area contributed by atoms with Gasteiger partial charge in [0.15, 0.2) is 0 Å². The van der Waals surface area contributed by atoms with Crippen LogP contribution in [0.3, 0.4) is 0 Å². The Labute approximate surface area is 132 Å². The molecule has 0 amide bonds. The first-order valence-corrected chi connectivity index (χ1v) is 10.9. The quantitative estimate of drug-likeness (QED) is 0.669. The van der Waals surface area contributed by atoms with Crippen LogP contribution in [0.5, 0.6) is 5.88 Å². The highest BCUT2D eigenvalue weighted by Gasteiger charge is 2.20. The highest BCUT2D eigenvalue weighted by molar-refractivity contribution is 6.70. The molecular formula is C18H20N2OSi. The average Bonchev–Trinajstić information content (AvgIpc) is 2.47. The number of aromatic nitrogens is 2. The zero-order valence-electron chi connectivity index (χ0n) is 13.2. The Morgan fingerprint density at radius 1 is 0.818 bits per heavy atom. The minimum absolute atomic E-state index is 0.682. The smallest absolute Gasteiger partial charge is 0.244 e. The van der Waals surface area contributed by atoms with Crippen molar-refractivity contribution in [3.63, 3.8) is 0 Å². The molecule has 0 radical (unpaired) electrons. The van der Waals surface area contributed by atoms with Crippen LogP contribution in [0.1, 0.15) is 11.3 Å². The molecule has 0 fully saturated rings. The molecule has 0 saturated carbocycles. The van der Waals surface area contributed by atoms with Gasteiger partial charge in [-0.3, -0.25) is 0 Å². The van der Waals surface area contributed by atoms with E-state index in [4.69, 9.17) is 14.4 Å².